The van der Waals surface area contributed by atoms with Crippen LogP contribution in [0.3, 0.4) is 0 Å². The highest BCUT2D eigenvalue weighted by Crippen LogP contribution is 2.22. The fourth-order valence-electron chi connectivity index (χ4n) is 2.31. The van der Waals surface area contributed by atoms with Gasteiger partial charge in [0.15, 0.2) is 11.1 Å². The summed E-state index contributed by atoms with van der Waals surface area (Å²) in [7, 11) is 4.04. The lowest BCUT2D eigenvalue weighted by atomic mass is 10.3. The maximum atomic E-state index is 4.80. The van der Waals surface area contributed by atoms with Crippen molar-refractivity contribution in [3.05, 3.63) is 11.1 Å². The van der Waals surface area contributed by atoms with E-state index >= 15 is 0 Å². The van der Waals surface area contributed by atoms with E-state index in [1.54, 1.807) is 11.3 Å². The van der Waals surface area contributed by atoms with E-state index in [1.165, 1.54) is 12.2 Å². The number of aliphatic imine (C=N–C) groups is 1. The Labute approximate surface area is 165 Å². The third kappa shape index (κ3) is 6.30. The van der Waals surface area contributed by atoms with Crippen molar-refractivity contribution in [3.8, 4) is 0 Å². The highest BCUT2D eigenvalue weighted by atomic mass is 127. The maximum absolute atomic E-state index is 4.80. The summed E-state index contributed by atoms with van der Waals surface area (Å²) in [6, 6.07) is 0. The minimum atomic E-state index is 0. The topological polar surface area (TPSA) is 43.8 Å². The Morgan fingerprint density at radius 1 is 1.48 bits per heavy atom. The summed E-state index contributed by atoms with van der Waals surface area (Å²) in [6.45, 7) is 8.11. The van der Waals surface area contributed by atoms with Gasteiger partial charge in [0.1, 0.15) is 0 Å². The molecule has 2 heterocycles. The Balaban J connectivity index is 0.00000264. The molecule has 1 atom stereocenters. The van der Waals surface area contributed by atoms with Crippen molar-refractivity contribution < 1.29 is 0 Å². The van der Waals surface area contributed by atoms with Crippen molar-refractivity contribution in [2.75, 3.05) is 44.4 Å². The summed E-state index contributed by atoms with van der Waals surface area (Å²) in [5.74, 6) is 2.21. The number of guanidine groups is 1. The number of rotatable bonds is 5. The van der Waals surface area contributed by atoms with Crippen molar-refractivity contribution in [2.24, 2.45) is 4.99 Å². The zero-order chi connectivity index (χ0) is 15.9. The molecule has 0 aliphatic carbocycles. The Morgan fingerprint density at radius 3 is 2.87 bits per heavy atom. The Morgan fingerprint density at radius 2 is 2.26 bits per heavy atom. The summed E-state index contributed by atoms with van der Waals surface area (Å²) in [4.78, 5) is 13.8. The van der Waals surface area contributed by atoms with E-state index in [0.29, 0.717) is 6.54 Å². The maximum Gasteiger partial charge on any atom is 0.194 e. The summed E-state index contributed by atoms with van der Waals surface area (Å²) < 4.78 is 0. The standard InChI is InChI=1S/C15H27N5S2.HI/c1-5-13-10-20(7-8-21-13)14(16-6-2)17-9-12-11-22-15(18-12)19(3)4;/h11,13H,5-10H2,1-4H3,(H,16,17);1H. The van der Waals surface area contributed by atoms with Gasteiger partial charge in [-0.25, -0.2) is 9.98 Å². The highest BCUT2D eigenvalue weighted by molar-refractivity contribution is 14.0. The first-order valence-corrected chi connectivity index (χ1v) is 9.83. The minimum absolute atomic E-state index is 0. The molecule has 1 saturated heterocycles. The molecule has 23 heavy (non-hydrogen) atoms. The van der Waals surface area contributed by atoms with E-state index in [0.717, 1.165) is 41.7 Å². The van der Waals surface area contributed by atoms with E-state index < -0.39 is 0 Å². The number of nitrogens with zero attached hydrogens (tertiary/aromatic N) is 4. The molecular formula is C15H28IN5S2. The second-order valence-corrected chi connectivity index (χ2v) is 7.78. The molecule has 0 aromatic carbocycles. The molecule has 1 N–H and O–H groups in total. The first-order valence-electron chi connectivity index (χ1n) is 7.90. The number of anilines is 1. The molecule has 0 radical (unpaired) electrons. The molecule has 0 spiro atoms. The fraction of sp³-hybridized carbons (Fsp3) is 0.733. The van der Waals surface area contributed by atoms with E-state index in [2.05, 4.69) is 46.2 Å². The smallest absolute Gasteiger partial charge is 0.194 e. The molecule has 1 unspecified atom stereocenters. The first-order chi connectivity index (χ1) is 10.6. The molecule has 1 aliphatic rings. The monoisotopic (exact) mass is 469 g/mol. The molecule has 1 aromatic rings. The molecule has 1 fully saturated rings. The van der Waals surface area contributed by atoms with Gasteiger partial charge in [0.25, 0.3) is 0 Å². The van der Waals surface area contributed by atoms with Gasteiger partial charge in [-0.15, -0.1) is 35.3 Å². The molecule has 132 valence electrons. The number of hydrogen-bond donors (Lipinski definition) is 1. The zero-order valence-corrected chi connectivity index (χ0v) is 18.4. The quantitative estimate of drug-likeness (QED) is 0.408. The van der Waals surface area contributed by atoms with Gasteiger partial charge in [-0.2, -0.15) is 11.8 Å². The molecule has 1 aromatic heterocycles. The van der Waals surface area contributed by atoms with E-state index in [-0.39, 0.29) is 24.0 Å². The SMILES string of the molecule is CCNC(=NCc1csc(N(C)C)n1)N1CCSC(CC)C1.I. The van der Waals surface area contributed by atoms with Crippen LogP contribution in [0.2, 0.25) is 0 Å². The van der Waals surface area contributed by atoms with Gasteiger partial charge in [-0.05, 0) is 13.3 Å². The van der Waals surface area contributed by atoms with Crippen molar-refractivity contribution in [3.63, 3.8) is 0 Å². The van der Waals surface area contributed by atoms with E-state index in [4.69, 9.17) is 4.99 Å². The molecule has 8 heteroatoms. The van der Waals surface area contributed by atoms with Crippen LogP contribution in [0.15, 0.2) is 10.4 Å². The number of nitrogens with one attached hydrogen (secondary N) is 1. The van der Waals surface area contributed by atoms with Crippen LogP contribution in [-0.4, -0.2) is 60.6 Å². The van der Waals surface area contributed by atoms with Crippen LogP contribution in [0.5, 0.6) is 0 Å². The van der Waals surface area contributed by atoms with Gasteiger partial charge in [0.2, 0.25) is 0 Å². The van der Waals surface area contributed by atoms with Crippen LogP contribution in [-0.2, 0) is 6.54 Å². The van der Waals surface area contributed by atoms with Crippen molar-refractivity contribution in [2.45, 2.75) is 32.1 Å². The molecule has 0 saturated carbocycles. The van der Waals surface area contributed by atoms with Crippen molar-refractivity contribution in [1.29, 1.82) is 0 Å². The average molecular weight is 469 g/mol. The second-order valence-electron chi connectivity index (χ2n) is 5.53. The second kappa shape index (κ2) is 10.6. The highest BCUT2D eigenvalue weighted by Gasteiger charge is 2.21. The predicted molar refractivity (Wildman–Crippen MR) is 115 cm³/mol. The van der Waals surface area contributed by atoms with Crippen LogP contribution in [0.1, 0.15) is 26.0 Å². The molecule has 2 rings (SSSR count). The van der Waals surface area contributed by atoms with Crippen molar-refractivity contribution >= 4 is 58.2 Å². The van der Waals surface area contributed by atoms with Gasteiger partial charge in [0.05, 0.1) is 12.2 Å². The summed E-state index contributed by atoms with van der Waals surface area (Å²) >= 11 is 3.75. The Kier molecular flexibility index (Phi) is 9.60. The van der Waals surface area contributed by atoms with Gasteiger partial charge in [-0.3, -0.25) is 0 Å². The molecule has 1 aliphatic heterocycles. The molecular weight excluding hydrogens is 441 g/mol. The lowest BCUT2D eigenvalue weighted by molar-refractivity contribution is 0.408. The van der Waals surface area contributed by atoms with Crippen LogP contribution in [0.25, 0.3) is 0 Å². The summed E-state index contributed by atoms with van der Waals surface area (Å²) in [5, 5.41) is 7.29. The minimum Gasteiger partial charge on any atom is -0.357 e. The van der Waals surface area contributed by atoms with Crippen molar-refractivity contribution in [1.82, 2.24) is 15.2 Å². The van der Waals surface area contributed by atoms with Gasteiger partial charge in [-0.1, -0.05) is 6.92 Å². The lowest BCUT2D eigenvalue weighted by Crippen LogP contribution is -2.48. The zero-order valence-electron chi connectivity index (χ0n) is 14.4. The number of thioether (sulfide) groups is 1. The largest absolute Gasteiger partial charge is 0.357 e. The van der Waals surface area contributed by atoms with Crippen LogP contribution in [0.4, 0.5) is 5.13 Å². The number of aromatic nitrogens is 1. The summed E-state index contributed by atoms with van der Waals surface area (Å²) in [5.41, 5.74) is 1.04. The molecule has 0 bridgehead atoms. The first kappa shape index (κ1) is 20.8. The fourth-order valence-corrected chi connectivity index (χ4v) is 4.24. The van der Waals surface area contributed by atoms with Crippen LogP contribution < -0.4 is 10.2 Å². The third-order valence-electron chi connectivity index (χ3n) is 3.54. The predicted octanol–water partition coefficient (Wildman–Crippen LogP) is 3.12. The average Bonchev–Trinajstić information content (AvgIpc) is 3.00. The lowest BCUT2D eigenvalue weighted by Gasteiger charge is -2.34. The normalized spacial score (nSPS) is 18.5. The van der Waals surface area contributed by atoms with E-state index in [1.807, 2.05) is 19.0 Å². The molecule has 0 amide bonds. The third-order valence-corrected chi connectivity index (χ3v) is 5.97. The van der Waals surface area contributed by atoms with Crippen LogP contribution in [0, 0.1) is 0 Å². The number of thiazole rings is 1. The number of halogens is 1. The summed E-state index contributed by atoms with van der Waals surface area (Å²) in [6.07, 6.45) is 1.22. The van der Waals surface area contributed by atoms with Gasteiger partial charge >= 0.3 is 0 Å². The number of hydrogen-bond acceptors (Lipinski definition) is 5. The van der Waals surface area contributed by atoms with E-state index in [9.17, 15) is 0 Å². The Bertz CT molecular complexity index is 492. The molecule has 5 nitrogen and oxygen atoms in total. The van der Waals surface area contributed by atoms with Crippen LogP contribution >= 0.6 is 47.1 Å². The Hall–Kier alpha value is -0.220. The van der Waals surface area contributed by atoms with Gasteiger partial charge in [0, 0.05) is 50.1 Å². The van der Waals surface area contributed by atoms with Gasteiger partial charge < -0.3 is 15.1 Å².